The molecule has 0 amide bonds. The van der Waals surface area contributed by atoms with E-state index in [1.807, 2.05) is 45.3 Å². The van der Waals surface area contributed by atoms with Crippen LogP contribution in [-0.2, 0) is 0 Å². The van der Waals surface area contributed by atoms with Gasteiger partial charge in [-0.2, -0.15) is 5.10 Å². The molecule has 0 aliphatic heterocycles. The van der Waals surface area contributed by atoms with Crippen molar-refractivity contribution in [3.8, 4) is 0 Å². The van der Waals surface area contributed by atoms with Crippen LogP contribution in [0.4, 0.5) is 11.6 Å². The van der Waals surface area contributed by atoms with E-state index in [9.17, 15) is 0 Å². The van der Waals surface area contributed by atoms with E-state index in [1.54, 1.807) is 0 Å². The van der Waals surface area contributed by atoms with Crippen molar-refractivity contribution in [2.75, 3.05) is 24.4 Å². The van der Waals surface area contributed by atoms with E-state index in [4.69, 9.17) is 0 Å². The zero-order valence-corrected chi connectivity index (χ0v) is 13.0. The number of fused-ring (bicyclic) bond motifs is 1. The normalized spacial score (nSPS) is 11.7. The third kappa shape index (κ3) is 2.93. The lowest BCUT2D eigenvalue weighted by Crippen LogP contribution is -2.08. The molecule has 3 rings (SSSR count). The first-order valence-corrected chi connectivity index (χ1v) is 7.16. The number of imidazole rings is 1. The third-order valence-electron chi connectivity index (χ3n) is 3.52. The second-order valence-electron chi connectivity index (χ2n) is 5.35. The van der Waals surface area contributed by atoms with Crippen molar-refractivity contribution >= 4 is 28.4 Å². The number of nitrogens with one attached hydrogen (secondary N) is 2. The second-order valence-corrected chi connectivity index (χ2v) is 5.35. The number of aromatic amines is 1. The van der Waals surface area contributed by atoms with Crippen LogP contribution in [0.3, 0.4) is 0 Å². The average molecular weight is 293 g/mol. The Balaban J connectivity index is 1.76. The molecule has 1 aromatic heterocycles. The van der Waals surface area contributed by atoms with Crippen LogP contribution in [-0.4, -0.2) is 29.8 Å². The zero-order chi connectivity index (χ0) is 15.5. The van der Waals surface area contributed by atoms with E-state index in [-0.39, 0.29) is 0 Å². The summed E-state index contributed by atoms with van der Waals surface area (Å²) < 4.78 is 0. The Bertz CT molecular complexity index is 766. The highest BCUT2D eigenvalue weighted by atomic mass is 15.4. The SMILES string of the molecule is C/C(=N/Nc1nc2ccccc2[nH]1)c1ccc(N(C)C)cc1. The molecule has 22 heavy (non-hydrogen) atoms. The highest BCUT2D eigenvalue weighted by molar-refractivity contribution is 5.99. The van der Waals surface area contributed by atoms with E-state index in [0.29, 0.717) is 5.95 Å². The number of anilines is 2. The van der Waals surface area contributed by atoms with Crippen LogP contribution >= 0.6 is 0 Å². The van der Waals surface area contributed by atoms with Gasteiger partial charge >= 0.3 is 0 Å². The monoisotopic (exact) mass is 293 g/mol. The Kier molecular flexibility index (Phi) is 3.78. The molecule has 0 saturated carbocycles. The number of benzene rings is 2. The lowest BCUT2D eigenvalue weighted by molar-refractivity contribution is 1.13. The maximum atomic E-state index is 4.44. The van der Waals surface area contributed by atoms with Gasteiger partial charge in [-0.1, -0.05) is 24.3 Å². The molecule has 0 radical (unpaired) electrons. The molecule has 0 unspecified atom stereocenters. The summed E-state index contributed by atoms with van der Waals surface area (Å²) in [6.45, 7) is 1.97. The largest absolute Gasteiger partial charge is 0.378 e. The van der Waals surface area contributed by atoms with Gasteiger partial charge in [0.05, 0.1) is 16.7 Å². The van der Waals surface area contributed by atoms with Crippen LogP contribution in [0.5, 0.6) is 0 Å². The third-order valence-corrected chi connectivity index (χ3v) is 3.52. The maximum absolute atomic E-state index is 4.44. The first-order valence-electron chi connectivity index (χ1n) is 7.16. The first kappa shape index (κ1) is 14.1. The molecule has 2 aromatic carbocycles. The number of hydrogen-bond acceptors (Lipinski definition) is 4. The summed E-state index contributed by atoms with van der Waals surface area (Å²) in [6, 6.07) is 16.2. The van der Waals surface area contributed by atoms with Crippen LogP contribution in [0.2, 0.25) is 0 Å². The summed E-state index contributed by atoms with van der Waals surface area (Å²) >= 11 is 0. The minimum atomic E-state index is 0.644. The number of rotatable bonds is 4. The highest BCUT2D eigenvalue weighted by Crippen LogP contribution is 2.15. The summed E-state index contributed by atoms with van der Waals surface area (Å²) in [7, 11) is 4.05. The van der Waals surface area contributed by atoms with Crippen LogP contribution in [0.25, 0.3) is 11.0 Å². The van der Waals surface area contributed by atoms with E-state index in [0.717, 1.165) is 22.3 Å². The van der Waals surface area contributed by atoms with Crippen molar-refractivity contribution < 1.29 is 0 Å². The van der Waals surface area contributed by atoms with Crippen molar-refractivity contribution in [2.45, 2.75) is 6.92 Å². The zero-order valence-electron chi connectivity index (χ0n) is 13.0. The van der Waals surface area contributed by atoms with Crippen molar-refractivity contribution in [3.63, 3.8) is 0 Å². The van der Waals surface area contributed by atoms with Crippen LogP contribution in [0.1, 0.15) is 12.5 Å². The van der Waals surface area contributed by atoms with Gasteiger partial charge < -0.3 is 9.88 Å². The molecule has 112 valence electrons. The molecule has 0 bridgehead atoms. The fourth-order valence-electron chi connectivity index (χ4n) is 2.21. The Morgan fingerprint density at radius 2 is 1.82 bits per heavy atom. The summed E-state index contributed by atoms with van der Waals surface area (Å²) in [4.78, 5) is 9.70. The lowest BCUT2D eigenvalue weighted by atomic mass is 10.1. The van der Waals surface area contributed by atoms with E-state index in [2.05, 4.69) is 49.7 Å². The summed E-state index contributed by atoms with van der Waals surface area (Å²) in [5, 5.41) is 4.39. The number of hydrogen-bond donors (Lipinski definition) is 2. The minimum Gasteiger partial charge on any atom is -0.378 e. The number of para-hydroxylation sites is 2. The molecule has 0 atom stereocenters. The van der Waals surface area contributed by atoms with Gasteiger partial charge in [-0.15, -0.1) is 0 Å². The van der Waals surface area contributed by atoms with Gasteiger partial charge in [-0.3, -0.25) is 0 Å². The summed E-state index contributed by atoms with van der Waals surface area (Å²) in [5.74, 6) is 0.644. The average Bonchev–Trinajstić information content (AvgIpc) is 2.95. The molecule has 0 saturated heterocycles. The van der Waals surface area contributed by atoms with E-state index >= 15 is 0 Å². The molecule has 2 N–H and O–H groups in total. The highest BCUT2D eigenvalue weighted by Gasteiger charge is 2.02. The molecule has 0 aliphatic carbocycles. The van der Waals surface area contributed by atoms with Crippen molar-refractivity contribution in [1.82, 2.24) is 9.97 Å². The maximum Gasteiger partial charge on any atom is 0.222 e. The molecule has 5 heteroatoms. The van der Waals surface area contributed by atoms with Crippen LogP contribution in [0.15, 0.2) is 53.6 Å². The van der Waals surface area contributed by atoms with Gasteiger partial charge in [-0.05, 0) is 36.8 Å². The van der Waals surface area contributed by atoms with Gasteiger partial charge in [-0.25, -0.2) is 10.4 Å². The quantitative estimate of drug-likeness (QED) is 0.572. The van der Waals surface area contributed by atoms with E-state index < -0.39 is 0 Å². The molecular weight excluding hydrogens is 274 g/mol. The predicted molar refractivity (Wildman–Crippen MR) is 92.7 cm³/mol. The Morgan fingerprint density at radius 1 is 1.09 bits per heavy atom. The van der Waals surface area contributed by atoms with Gasteiger partial charge in [0.25, 0.3) is 0 Å². The second kappa shape index (κ2) is 5.89. The topological polar surface area (TPSA) is 56.3 Å². The Hall–Kier alpha value is -2.82. The molecule has 0 spiro atoms. The molecule has 0 aliphatic rings. The van der Waals surface area contributed by atoms with Crippen molar-refractivity contribution in [3.05, 3.63) is 54.1 Å². The van der Waals surface area contributed by atoms with Gasteiger partial charge in [0.2, 0.25) is 5.95 Å². The molecule has 0 fully saturated rings. The van der Waals surface area contributed by atoms with E-state index in [1.165, 1.54) is 5.69 Å². The molecule has 5 nitrogen and oxygen atoms in total. The van der Waals surface area contributed by atoms with Crippen molar-refractivity contribution in [1.29, 1.82) is 0 Å². The molecule has 1 heterocycles. The predicted octanol–water partition coefficient (Wildman–Crippen LogP) is 3.47. The number of aromatic nitrogens is 2. The fourth-order valence-corrected chi connectivity index (χ4v) is 2.21. The van der Waals surface area contributed by atoms with Gasteiger partial charge in [0.15, 0.2) is 0 Å². The fraction of sp³-hybridized carbons (Fsp3) is 0.176. The molecular formula is C17H19N5. The van der Waals surface area contributed by atoms with Crippen molar-refractivity contribution in [2.24, 2.45) is 5.10 Å². The Labute approximate surface area is 129 Å². The van der Waals surface area contributed by atoms with Gasteiger partial charge in [0, 0.05) is 19.8 Å². The van der Waals surface area contributed by atoms with Gasteiger partial charge in [0.1, 0.15) is 0 Å². The summed E-state index contributed by atoms with van der Waals surface area (Å²) in [5.41, 5.74) is 8.05. The van der Waals surface area contributed by atoms with Crippen LogP contribution < -0.4 is 10.3 Å². The van der Waals surface area contributed by atoms with Crippen LogP contribution in [0, 0.1) is 0 Å². The smallest absolute Gasteiger partial charge is 0.222 e. The Morgan fingerprint density at radius 3 is 2.50 bits per heavy atom. The number of hydrazone groups is 1. The number of H-pyrrole nitrogens is 1. The minimum absolute atomic E-state index is 0.644. The standard InChI is InChI=1S/C17H19N5/c1-12(13-8-10-14(11-9-13)22(2)3)20-21-17-18-15-6-4-5-7-16(15)19-17/h4-11H,1-3H3,(H2,18,19,21)/b20-12-. The first-order chi connectivity index (χ1) is 10.6. The summed E-state index contributed by atoms with van der Waals surface area (Å²) in [6.07, 6.45) is 0. The molecule has 3 aromatic rings. The number of nitrogens with zero attached hydrogens (tertiary/aromatic N) is 3. The lowest BCUT2D eigenvalue weighted by Gasteiger charge is -2.12.